The van der Waals surface area contributed by atoms with E-state index in [-0.39, 0.29) is 26.4 Å². The van der Waals surface area contributed by atoms with Gasteiger partial charge in [-0.25, -0.2) is 4.79 Å². The molecule has 0 radical (unpaired) electrons. The van der Waals surface area contributed by atoms with E-state index >= 15 is 0 Å². The Balaban J connectivity index is 3.24. The van der Waals surface area contributed by atoms with Crippen molar-refractivity contribution in [3.8, 4) is 0 Å². The van der Waals surface area contributed by atoms with Crippen molar-refractivity contribution in [2.75, 3.05) is 26.4 Å². The van der Waals surface area contributed by atoms with Crippen LogP contribution in [0.4, 0.5) is 4.79 Å². The minimum atomic E-state index is -1.23. The summed E-state index contributed by atoms with van der Waals surface area (Å²) in [6.07, 6.45) is 2.82. The van der Waals surface area contributed by atoms with Crippen LogP contribution < -0.4 is 21.3 Å². The number of amides is 6. The Hall–Kier alpha value is -3.73. The van der Waals surface area contributed by atoms with Crippen LogP contribution in [0.3, 0.4) is 0 Å². The molecule has 1 saturated heterocycles. The Morgan fingerprint density at radius 3 is 1.86 bits per heavy atom. The maximum atomic E-state index is 13.2. The van der Waals surface area contributed by atoms with Gasteiger partial charge in [0, 0.05) is 0 Å². The molecular weight excluding hydrogens is 380 g/mol. The molecule has 1 atom stereocenters. The standard InChI is InChI=1S/C18H24N6O5/c1-5-13(25)19-11-23-9-10-24(18(23)29,12-20-14(26)6-2)17(21-15(27)7-3)22-16(28)8-4/h5-8,17H,1-4,9-12H2,(H3-,19,20,21,22,25,26,27,28)/p+1. The summed E-state index contributed by atoms with van der Waals surface area (Å²) in [4.78, 5) is 61.5. The van der Waals surface area contributed by atoms with Gasteiger partial charge in [-0.3, -0.25) is 34.7 Å². The van der Waals surface area contributed by atoms with E-state index in [1.807, 2.05) is 0 Å². The molecular formula is C18H25N6O5+. The Bertz CT molecular complexity index is 727. The molecule has 4 N–H and O–H groups in total. The zero-order valence-corrected chi connectivity index (χ0v) is 16.0. The van der Waals surface area contributed by atoms with Crippen LogP contribution >= 0.6 is 0 Å². The van der Waals surface area contributed by atoms with Gasteiger partial charge < -0.3 is 10.6 Å². The number of rotatable bonds is 11. The Labute approximate surface area is 168 Å². The maximum absolute atomic E-state index is 13.2. The second-order valence-corrected chi connectivity index (χ2v) is 5.94. The summed E-state index contributed by atoms with van der Waals surface area (Å²) in [7, 11) is 0. The fourth-order valence-corrected chi connectivity index (χ4v) is 2.60. The van der Waals surface area contributed by atoms with Crippen molar-refractivity contribution in [1.82, 2.24) is 26.2 Å². The van der Waals surface area contributed by atoms with E-state index in [0.717, 1.165) is 24.3 Å². The summed E-state index contributed by atoms with van der Waals surface area (Å²) in [6, 6.07) is -0.544. The van der Waals surface area contributed by atoms with Gasteiger partial charge in [0.25, 0.3) is 6.29 Å². The minimum absolute atomic E-state index is 0.111. The lowest BCUT2D eigenvalue weighted by atomic mass is 10.4. The highest BCUT2D eigenvalue weighted by Crippen LogP contribution is 2.21. The van der Waals surface area contributed by atoms with Crippen LogP contribution in [0.15, 0.2) is 50.6 Å². The molecule has 11 nitrogen and oxygen atoms in total. The molecule has 1 heterocycles. The monoisotopic (exact) mass is 405 g/mol. The first-order chi connectivity index (χ1) is 13.7. The molecule has 0 spiro atoms. The fourth-order valence-electron chi connectivity index (χ4n) is 2.60. The van der Waals surface area contributed by atoms with Gasteiger partial charge in [-0.15, -0.1) is 0 Å². The van der Waals surface area contributed by atoms with E-state index in [2.05, 4.69) is 47.6 Å². The lowest BCUT2D eigenvalue weighted by Gasteiger charge is -2.37. The van der Waals surface area contributed by atoms with Gasteiger partial charge >= 0.3 is 6.03 Å². The number of hydrogen-bond donors (Lipinski definition) is 4. The van der Waals surface area contributed by atoms with E-state index in [1.54, 1.807) is 0 Å². The van der Waals surface area contributed by atoms with Crippen molar-refractivity contribution in [2.45, 2.75) is 6.29 Å². The average molecular weight is 405 g/mol. The van der Waals surface area contributed by atoms with Crippen LogP contribution in [0.1, 0.15) is 0 Å². The molecule has 1 unspecified atom stereocenters. The summed E-state index contributed by atoms with van der Waals surface area (Å²) in [5, 5.41) is 9.99. The van der Waals surface area contributed by atoms with Crippen LogP contribution in [0.5, 0.6) is 0 Å². The van der Waals surface area contributed by atoms with Crippen molar-refractivity contribution >= 4 is 29.7 Å². The molecule has 6 amide bonds. The molecule has 1 aliphatic heterocycles. The summed E-state index contributed by atoms with van der Waals surface area (Å²) >= 11 is 0. The topological polar surface area (TPSA) is 137 Å². The van der Waals surface area contributed by atoms with Gasteiger partial charge in [0.15, 0.2) is 6.67 Å². The second kappa shape index (κ2) is 10.6. The predicted molar refractivity (Wildman–Crippen MR) is 104 cm³/mol. The maximum Gasteiger partial charge on any atom is 0.425 e. The van der Waals surface area contributed by atoms with Crippen molar-refractivity contribution in [2.24, 2.45) is 0 Å². The molecule has 0 aromatic heterocycles. The first-order valence-electron chi connectivity index (χ1n) is 8.56. The number of carbonyl (C=O) groups is 5. The molecule has 0 aromatic carbocycles. The molecule has 29 heavy (non-hydrogen) atoms. The molecule has 11 heteroatoms. The summed E-state index contributed by atoms with van der Waals surface area (Å²) in [6.45, 7) is 13.3. The first kappa shape index (κ1) is 23.3. The van der Waals surface area contributed by atoms with Crippen molar-refractivity contribution in [3.63, 3.8) is 0 Å². The van der Waals surface area contributed by atoms with E-state index < -0.39 is 40.4 Å². The molecule has 0 saturated carbocycles. The highest BCUT2D eigenvalue weighted by molar-refractivity contribution is 5.90. The van der Waals surface area contributed by atoms with E-state index in [9.17, 15) is 24.0 Å². The summed E-state index contributed by atoms with van der Waals surface area (Å²) < 4.78 is -0.567. The second-order valence-electron chi connectivity index (χ2n) is 5.94. The Morgan fingerprint density at radius 1 is 0.897 bits per heavy atom. The lowest BCUT2D eigenvalue weighted by molar-refractivity contribution is -0.874. The normalized spacial score (nSPS) is 17.8. The number of quaternary nitrogens is 1. The fraction of sp³-hybridized carbons (Fsp3) is 0.278. The molecule has 0 bridgehead atoms. The van der Waals surface area contributed by atoms with E-state index in [0.29, 0.717) is 0 Å². The van der Waals surface area contributed by atoms with Gasteiger partial charge in [-0.2, -0.15) is 4.48 Å². The highest BCUT2D eigenvalue weighted by atomic mass is 16.2. The van der Waals surface area contributed by atoms with Crippen LogP contribution in [0, 0.1) is 0 Å². The molecule has 1 rings (SSSR count). The van der Waals surface area contributed by atoms with Crippen LogP contribution in [-0.4, -0.2) is 71.8 Å². The zero-order valence-electron chi connectivity index (χ0n) is 16.0. The quantitative estimate of drug-likeness (QED) is 0.191. The SMILES string of the molecule is C=CC(=O)NCN1CC[N+](CNC(=O)C=C)(C(NC(=O)C=C)NC(=O)C=C)C1=O. The summed E-state index contributed by atoms with van der Waals surface area (Å²) in [5.74, 6) is -2.30. The van der Waals surface area contributed by atoms with Gasteiger partial charge in [0.2, 0.25) is 23.6 Å². The van der Waals surface area contributed by atoms with Crippen molar-refractivity contribution < 1.29 is 28.5 Å². The minimum Gasteiger partial charge on any atom is -0.335 e. The van der Waals surface area contributed by atoms with Crippen LogP contribution in [0.25, 0.3) is 0 Å². The van der Waals surface area contributed by atoms with Crippen molar-refractivity contribution in [1.29, 1.82) is 0 Å². The predicted octanol–water partition coefficient (Wildman–Crippen LogP) is -1.35. The van der Waals surface area contributed by atoms with Crippen LogP contribution in [0.2, 0.25) is 0 Å². The molecule has 0 aliphatic carbocycles. The third-order valence-electron chi connectivity index (χ3n) is 4.19. The third-order valence-corrected chi connectivity index (χ3v) is 4.19. The van der Waals surface area contributed by atoms with Gasteiger partial charge in [-0.1, -0.05) is 26.3 Å². The van der Waals surface area contributed by atoms with Gasteiger partial charge in [-0.05, 0) is 24.3 Å². The van der Waals surface area contributed by atoms with Gasteiger partial charge in [0.05, 0.1) is 13.2 Å². The van der Waals surface area contributed by atoms with Crippen molar-refractivity contribution in [3.05, 3.63) is 50.6 Å². The average Bonchev–Trinajstić information content (AvgIpc) is 3.05. The number of carbonyl (C=O) groups excluding carboxylic acids is 5. The lowest BCUT2D eigenvalue weighted by Crippen LogP contribution is -2.72. The third kappa shape index (κ3) is 5.87. The number of nitrogens with zero attached hydrogens (tertiary/aromatic N) is 2. The number of nitrogens with one attached hydrogen (secondary N) is 4. The Kier molecular flexibility index (Phi) is 8.49. The number of urea groups is 1. The number of hydrogen-bond acceptors (Lipinski definition) is 5. The molecule has 1 aliphatic rings. The largest absolute Gasteiger partial charge is 0.425 e. The van der Waals surface area contributed by atoms with E-state index in [1.165, 1.54) is 4.90 Å². The first-order valence-corrected chi connectivity index (χ1v) is 8.56. The van der Waals surface area contributed by atoms with Gasteiger partial charge in [0.1, 0.15) is 6.54 Å². The molecule has 0 aromatic rings. The van der Waals surface area contributed by atoms with Crippen LogP contribution in [-0.2, 0) is 19.2 Å². The molecule has 1 fully saturated rings. The Morgan fingerprint density at radius 2 is 1.38 bits per heavy atom. The zero-order chi connectivity index (χ0) is 22.0. The highest BCUT2D eigenvalue weighted by Gasteiger charge is 2.53. The molecule has 156 valence electrons. The smallest absolute Gasteiger partial charge is 0.335 e. The van der Waals surface area contributed by atoms with E-state index in [4.69, 9.17) is 0 Å². The summed E-state index contributed by atoms with van der Waals surface area (Å²) in [5.41, 5.74) is 0.